The molecule has 1 saturated heterocycles. The van der Waals surface area contributed by atoms with E-state index in [4.69, 9.17) is 4.74 Å². The molecule has 4 rings (SSSR count). The van der Waals surface area contributed by atoms with Gasteiger partial charge in [-0.1, -0.05) is 17.3 Å². The van der Waals surface area contributed by atoms with Crippen molar-refractivity contribution in [1.29, 1.82) is 0 Å². The van der Waals surface area contributed by atoms with Gasteiger partial charge in [0.05, 0.1) is 31.3 Å². The fourth-order valence-corrected chi connectivity index (χ4v) is 3.49. The lowest BCUT2D eigenvalue weighted by Crippen LogP contribution is -2.38. The average molecular weight is 358 g/mol. The van der Waals surface area contributed by atoms with E-state index in [1.165, 1.54) is 18.9 Å². The first-order valence-corrected chi connectivity index (χ1v) is 9.27. The SMILES string of the molecule is O=C(CCOc1ccccc1F)N1CCC[C@H]1Cn1cc(C2CC2)nn1. The molecular weight excluding hydrogens is 335 g/mol. The van der Waals surface area contributed by atoms with Gasteiger partial charge in [-0.2, -0.15) is 0 Å². The first-order valence-electron chi connectivity index (χ1n) is 9.27. The van der Waals surface area contributed by atoms with Gasteiger partial charge in [-0.15, -0.1) is 5.10 Å². The third-order valence-electron chi connectivity index (χ3n) is 5.06. The second-order valence-corrected chi connectivity index (χ2v) is 7.05. The van der Waals surface area contributed by atoms with E-state index in [0.717, 1.165) is 25.1 Å². The van der Waals surface area contributed by atoms with Gasteiger partial charge in [0.25, 0.3) is 0 Å². The van der Waals surface area contributed by atoms with Crippen LogP contribution in [-0.4, -0.2) is 45.0 Å². The van der Waals surface area contributed by atoms with Gasteiger partial charge in [-0.3, -0.25) is 9.48 Å². The van der Waals surface area contributed by atoms with E-state index < -0.39 is 5.82 Å². The Hall–Kier alpha value is -2.44. The van der Waals surface area contributed by atoms with Crippen molar-refractivity contribution >= 4 is 5.91 Å². The van der Waals surface area contributed by atoms with E-state index in [2.05, 4.69) is 10.3 Å². The average Bonchev–Trinajstić information content (AvgIpc) is 3.21. The quantitative estimate of drug-likeness (QED) is 0.764. The largest absolute Gasteiger partial charge is 0.490 e. The van der Waals surface area contributed by atoms with Crippen LogP contribution in [0.2, 0.25) is 0 Å². The van der Waals surface area contributed by atoms with E-state index in [9.17, 15) is 9.18 Å². The molecule has 0 unspecified atom stereocenters. The summed E-state index contributed by atoms with van der Waals surface area (Å²) in [6.07, 6.45) is 6.63. The molecule has 0 radical (unpaired) electrons. The molecule has 138 valence electrons. The third kappa shape index (κ3) is 3.86. The van der Waals surface area contributed by atoms with E-state index in [1.807, 2.05) is 15.8 Å². The first-order chi connectivity index (χ1) is 12.7. The van der Waals surface area contributed by atoms with Crippen LogP contribution in [0.5, 0.6) is 5.75 Å². The van der Waals surface area contributed by atoms with Crippen LogP contribution in [0.1, 0.15) is 43.7 Å². The molecule has 0 spiro atoms. The van der Waals surface area contributed by atoms with Crippen molar-refractivity contribution in [2.75, 3.05) is 13.2 Å². The van der Waals surface area contributed by atoms with Crippen LogP contribution in [-0.2, 0) is 11.3 Å². The number of carbonyl (C=O) groups is 1. The Labute approximate surface area is 151 Å². The Morgan fingerprint density at radius 1 is 1.27 bits per heavy atom. The van der Waals surface area contributed by atoms with Gasteiger partial charge in [-0.05, 0) is 37.8 Å². The van der Waals surface area contributed by atoms with Crippen molar-refractivity contribution in [3.05, 3.63) is 42.0 Å². The number of aromatic nitrogens is 3. The van der Waals surface area contributed by atoms with Crippen molar-refractivity contribution < 1.29 is 13.9 Å². The van der Waals surface area contributed by atoms with Crippen molar-refractivity contribution in [3.63, 3.8) is 0 Å². The summed E-state index contributed by atoms with van der Waals surface area (Å²) < 4.78 is 20.8. The third-order valence-corrected chi connectivity index (χ3v) is 5.06. The molecule has 1 amide bonds. The Kier molecular flexibility index (Phi) is 4.86. The minimum Gasteiger partial charge on any atom is -0.490 e. The molecule has 26 heavy (non-hydrogen) atoms. The number of hydrogen-bond donors (Lipinski definition) is 0. The number of ether oxygens (including phenoxy) is 1. The van der Waals surface area contributed by atoms with Gasteiger partial charge in [0.15, 0.2) is 11.6 Å². The predicted octanol–water partition coefficient (Wildman–Crippen LogP) is 2.75. The Morgan fingerprint density at radius 3 is 2.92 bits per heavy atom. The molecule has 1 aromatic carbocycles. The Morgan fingerprint density at radius 2 is 2.12 bits per heavy atom. The van der Waals surface area contributed by atoms with Crippen LogP contribution in [0.15, 0.2) is 30.5 Å². The standard InChI is InChI=1S/C19H23FN4O2/c20-16-5-1-2-6-18(16)26-11-9-19(25)24-10-3-4-15(24)12-23-13-17(21-22-23)14-7-8-14/h1-2,5-6,13-15H,3-4,7-12H2/t15-/m0/s1. The number of rotatable bonds is 7. The maximum atomic E-state index is 13.5. The highest BCUT2D eigenvalue weighted by molar-refractivity contribution is 5.77. The molecule has 6 nitrogen and oxygen atoms in total. The van der Waals surface area contributed by atoms with E-state index in [1.54, 1.807) is 18.2 Å². The van der Waals surface area contributed by atoms with Gasteiger partial charge >= 0.3 is 0 Å². The highest BCUT2D eigenvalue weighted by Crippen LogP contribution is 2.38. The highest BCUT2D eigenvalue weighted by atomic mass is 19.1. The van der Waals surface area contributed by atoms with Crippen molar-refractivity contribution in [2.45, 2.75) is 50.6 Å². The molecule has 2 fully saturated rings. The van der Waals surface area contributed by atoms with Crippen LogP contribution in [0.25, 0.3) is 0 Å². The molecule has 1 aromatic heterocycles. The number of benzene rings is 1. The van der Waals surface area contributed by atoms with Gasteiger partial charge in [0.1, 0.15) is 0 Å². The lowest BCUT2D eigenvalue weighted by Gasteiger charge is -2.24. The number of hydrogen-bond acceptors (Lipinski definition) is 4. The molecule has 1 aliphatic heterocycles. The smallest absolute Gasteiger partial charge is 0.226 e. The van der Waals surface area contributed by atoms with Crippen LogP contribution >= 0.6 is 0 Å². The number of carbonyl (C=O) groups excluding carboxylic acids is 1. The second-order valence-electron chi connectivity index (χ2n) is 7.05. The van der Waals surface area contributed by atoms with E-state index >= 15 is 0 Å². The Bertz CT molecular complexity index is 774. The second kappa shape index (κ2) is 7.43. The molecule has 2 aromatic rings. The Balaban J connectivity index is 1.29. The summed E-state index contributed by atoms with van der Waals surface area (Å²) >= 11 is 0. The molecule has 2 aliphatic rings. The summed E-state index contributed by atoms with van der Waals surface area (Å²) in [5, 5.41) is 8.44. The fraction of sp³-hybridized carbons (Fsp3) is 0.526. The zero-order valence-corrected chi connectivity index (χ0v) is 14.7. The summed E-state index contributed by atoms with van der Waals surface area (Å²) in [5.41, 5.74) is 1.07. The minimum atomic E-state index is -0.406. The van der Waals surface area contributed by atoms with E-state index in [-0.39, 0.29) is 30.7 Å². The van der Waals surface area contributed by atoms with Crippen LogP contribution in [0.3, 0.4) is 0 Å². The zero-order valence-electron chi connectivity index (χ0n) is 14.7. The van der Waals surface area contributed by atoms with Crippen LogP contribution in [0.4, 0.5) is 4.39 Å². The summed E-state index contributed by atoms with van der Waals surface area (Å²) in [6.45, 7) is 1.62. The van der Waals surface area contributed by atoms with Crippen molar-refractivity contribution in [3.8, 4) is 5.75 Å². The summed E-state index contributed by atoms with van der Waals surface area (Å²) in [6, 6.07) is 6.39. The summed E-state index contributed by atoms with van der Waals surface area (Å²) in [7, 11) is 0. The molecule has 7 heteroatoms. The zero-order chi connectivity index (χ0) is 17.9. The lowest BCUT2D eigenvalue weighted by atomic mass is 10.2. The number of halogens is 1. The van der Waals surface area contributed by atoms with Crippen LogP contribution < -0.4 is 4.74 Å². The first kappa shape index (κ1) is 17.0. The molecular formula is C19H23FN4O2. The lowest BCUT2D eigenvalue weighted by molar-refractivity contribution is -0.132. The highest BCUT2D eigenvalue weighted by Gasteiger charge is 2.30. The molecule has 1 atom stereocenters. The maximum Gasteiger partial charge on any atom is 0.226 e. The van der Waals surface area contributed by atoms with Crippen LogP contribution in [0, 0.1) is 5.82 Å². The predicted molar refractivity (Wildman–Crippen MR) is 93.2 cm³/mol. The number of para-hydroxylation sites is 1. The maximum absolute atomic E-state index is 13.5. The molecule has 0 bridgehead atoms. The number of likely N-dealkylation sites (tertiary alicyclic amines) is 1. The van der Waals surface area contributed by atoms with Gasteiger partial charge in [0.2, 0.25) is 5.91 Å². The van der Waals surface area contributed by atoms with Crippen molar-refractivity contribution in [1.82, 2.24) is 19.9 Å². The summed E-state index contributed by atoms with van der Waals surface area (Å²) in [5.74, 6) is 0.414. The number of amides is 1. The van der Waals surface area contributed by atoms with E-state index in [0.29, 0.717) is 12.5 Å². The summed E-state index contributed by atoms with van der Waals surface area (Å²) in [4.78, 5) is 14.5. The normalized spacial score (nSPS) is 19.7. The fourth-order valence-electron chi connectivity index (χ4n) is 3.49. The topological polar surface area (TPSA) is 60.2 Å². The van der Waals surface area contributed by atoms with Gasteiger partial charge < -0.3 is 9.64 Å². The minimum absolute atomic E-state index is 0.0476. The van der Waals surface area contributed by atoms with Crippen molar-refractivity contribution in [2.24, 2.45) is 0 Å². The molecule has 2 heterocycles. The molecule has 1 saturated carbocycles. The van der Waals surface area contributed by atoms with Gasteiger partial charge in [0, 0.05) is 18.7 Å². The molecule has 1 aliphatic carbocycles. The van der Waals surface area contributed by atoms with Gasteiger partial charge in [-0.25, -0.2) is 4.39 Å². The number of nitrogens with zero attached hydrogens (tertiary/aromatic N) is 4. The molecule has 0 N–H and O–H groups in total. The monoisotopic (exact) mass is 358 g/mol.